The van der Waals surface area contributed by atoms with Crippen molar-refractivity contribution >= 4 is 28.1 Å². The SMILES string of the molecule is Cn1ccnc1[C@H]1OCC[C@@H]1Nc1nnc(Cc2ccc(Cl)cc2)s1. The molecule has 0 amide bonds. The van der Waals surface area contributed by atoms with Crippen LogP contribution in [0.5, 0.6) is 0 Å². The molecule has 3 aromatic rings. The summed E-state index contributed by atoms with van der Waals surface area (Å²) in [5.41, 5.74) is 1.17. The van der Waals surface area contributed by atoms with E-state index >= 15 is 0 Å². The zero-order chi connectivity index (χ0) is 17.2. The third kappa shape index (κ3) is 3.68. The van der Waals surface area contributed by atoms with Gasteiger partial charge >= 0.3 is 0 Å². The van der Waals surface area contributed by atoms with E-state index in [0.29, 0.717) is 6.61 Å². The van der Waals surface area contributed by atoms with Crippen LogP contribution < -0.4 is 5.32 Å². The number of nitrogens with zero attached hydrogens (tertiary/aromatic N) is 4. The number of aromatic nitrogens is 4. The number of imidazole rings is 1. The van der Waals surface area contributed by atoms with Crippen molar-refractivity contribution in [3.63, 3.8) is 0 Å². The Morgan fingerprint density at radius 2 is 2.16 bits per heavy atom. The predicted molar refractivity (Wildman–Crippen MR) is 98.1 cm³/mol. The molecule has 2 aromatic heterocycles. The summed E-state index contributed by atoms with van der Waals surface area (Å²) in [6.07, 6.45) is 5.33. The largest absolute Gasteiger partial charge is 0.368 e. The molecule has 0 unspecified atom stereocenters. The van der Waals surface area contributed by atoms with Gasteiger partial charge in [-0.25, -0.2) is 4.98 Å². The van der Waals surface area contributed by atoms with E-state index in [1.54, 1.807) is 17.5 Å². The molecule has 1 aliphatic heterocycles. The number of anilines is 1. The summed E-state index contributed by atoms with van der Waals surface area (Å²) in [7, 11) is 1.98. The number of benzene rings is 1. The Morgan fingerprint density at radius 1 is 1.32 bits per heavy atom. The summed E-state index contributed by atoms with van der Waals surface area (Å²) in [4.78, 5) is 4.41. The van der Waals surface area contributed by atoms with Crippen LogP contribution >= 0.6 is 22.9 Å². The van der Waals surface area contributed by atoms with Gasteiger partial charge in [0.15, 0.2) is 0 Å². The fraction of sp³-hybridized carbons (Fsp3) is 0.353. The average Bonchev–Trinajstić information content (AvgIpc) is 3.32. The van der Waals surface area contributed by atoms with E-state index in [-0.39, 0.29) is 12.1 Å². The highest BCUT2D eigenvalue weighted by Crippen LogP contribution is 2.31. The van der Waals surface area contributed by atoms with Gasteiger partial charge in [0, 0.05) is 37.5 Å². The molecule has 0 saturated carbocycles. The molecular weight excluding hydrogens is 358 g/mol. The van der Waals surface area contributed by atoms with Crippen LogP contribution in [0.2, 0.25) is 5.02 Å². The van der Waals surface area contributed by atoms with Crippen molar-refractivity contribution in [1.82, 2.24) is 19.7 Å². The van der Waals surface area contributed by atoms with Crippen molar-refractivity contribution in [3.8, 4) is 0 Å². The minimum Gasteiger partial charge on any atom is -0.368 e. The van der Waals surface area contributed by atoms with Crippen LogP contribution in [0.25, 0.3) is 0 Å². The maximum Gasteiger partial charge on any atom is 0.206 e. The molecule has 130 valence electrons. The molecule has 25 heavy (non-hydrogen) atoms. The monoisotopic (exact) mass is 375 g/mol. The van der Waals surface area contributed by atoms with Crippen molar-refractivity contribution in [1.29, 1.82) is 0 Å². The molecule has 0 bridgehead atoms. The zero-order valence-corrected chi connectivity index (χ0v) is 15.3. The van der Waals surface area contributed by atoms with E-state index in [9.17, 15) is 0 Å². The molecule has 3 heterocycles. The number of halogens is 1. The molecule has 6 nitrogen and oxygen atoms in total. The van der Waals surface area contributed by atoms with E-state index < -0.39 is 0 Å². The lowest BCUT2D eigenvalue weighted by atomic mass is 10.1. The first-order valence-corrected chi connectivity index (χ1v) is 9.30. The first kappa shape index (κ1) is 16.5. The van der Waals surface area contributed by atoms with Crippen LogP contribution in [-0.4, -0.2) is 32.4 Å². The van der Waals surface area contributed by atoms with Crippen LogP contribution in [0.1, 0.15) is 28.9 Å². The highest BCUT2D eigenvalue weighted by atomic mass is 35.5. The van der Waals surface area contributed by atoms with Gasteiger partial charge in [0.1, 0.15) is 16.9 Å². The number of hydrogen-bond donors (Lipinski definition) is 1. The number of hydrogen-bond acceptors (Lipinski definition) is 6. The average molecular weight is 376 g/mol. The van der Waals surface area contributed by atoms with Crippen molar-refractivity contribution in [2.45, 2.75) is 25.0 Å². The Kier molecular flexibility index (Phi) is 4.70. The van der Waals surface area contributed by atoms with Gasteiger partial charge in [-0.05, 0) is 24.1 Å². The van der Waals surface area contributed by atoms with Crippen molar-refractivity contribution in [3.05, 3.63) is 58.1 Å². The molecule has 0 radical (unpaired) electrons. The lowest BCUT2D eigenvalue weighted by Gasteiger charge is -2.18. The van der Waals surface area contributed by atoms with Gasteiger partial charge in [0.25, 0.3) is 0 Å². The topological polar surface area (TPSA) is 64.9 Å². The van der Waals surface area contributed by atoms with E-state index in [4.69, 9.17) is 16.3 Å². The Bertz CT molecular complexity index is 847. The first-order chi connectivity index (χ1) is 12.2. The standard InChI is InChI=1S/C17H18ClN5OS/c1-23-8-7-19-16(23)15-13(6-9-24-15)20-17-22-21-14(25-17)10-11-2-4-12(18)5-3-11/h2-5,7-8,13,15H,6,9-10H2,1H3,(H,20,22)/t13-,15-/m0/s1. The molecule has 2 atom stereocenters. The normalized spacial score (nSPS) is 20.1. The maximum absolute atomic E-state index is 5.93. The van der Waals surface area contributed by atoms with Crippen LogP contribution in [0, 0.1) is 0 Å². The summed E-state index contributed by atoms with van der Waals surface area (Å²) in [5.74, 6) is 0.931. The fourth-order valence-electron chi connectivity index (χ4n) is 2.96. The van der Waals surface area contributed by atoms with Gasteiger partial charge in [-0.3, -0.25) is 0 Å². The van der Waals surface area contributed by atoms with Gasteiger partial charge < -0.3 is 14.6 Å². The number of ether oxygens (including phenoxy) is 1. The summed E-state index contributed by atoms with van der Waals surface area (Å²) < 4.78 is 7.87. The van der Waals surface area contributed by atoms with E-state index in [1.165, 1.54) is 5.56 Å². The number of rotatable bonds is 5. The second kappa shape index (κ2) is 7.11. The Balaban J connectivity index is 1.44. The van der Waals surface area contributed by atoms with E-state index in [1.807, 2.05) is 42.1 Å². The molecule has 1 fully saturated rings. The van der Waals surface area contributed by atoms with Gasteiger partial charge in [0.05, 0.1) is 6.04 Å². The molecule has 1 saturated heterocycles. The van der Waals surface area contributed by atoms with Gasteiger partial charge in [-0.1, -0.05) is 35.1 Å². The molecule has 1 aromatic carbocycles. The molecule has 1 N–H and O–H groups in total. The van der Waals surface area contributed by atoms with Crippen LogP contribution in [-0.2, 0) is 18.2 Å². The van der Waals surface area contributed by atoms with E-state index in [0.717, 1.165) is 33.8 Å². The van der Waals surface area contributed by atoms with Gasteiger partial charge in [-0.2, -0.15) is 0 Å². The maximum atomic E-state index is 5.93. The summed E-state index contributed by atoms with van der Waals surface area (Å²) in [6.45, 7) is 0.714. The predicted octanol–water partition coefficient (Wildman–Crippen LogP) is 3.46. The first-order valence-electron chi connectivity index (χ1n) is 8.11. The minimum absolute atomic E-state index is 0.0661. The summed E-state index contributed by atoms with van der Waals surface area (Å²) >= 11 is 7.50. The van der Waals surface area contributed by atoms with E-state index in [2.05, 4.69) is 20.5 Å². The van der Waals surface area contributed by atoms with Crippen LogP contribution in [0.3, 0.4) is 0 Å². The second-order valence-corrected chi connectivity index (χ2v) is 7.53. The molecule has 1 aliphatic rings. The number of aryl methyl sites for hydroxylation is 1. The van der Waals surface area contributed by atoms with Crippen molar-refractivity contribution < 1.29 is 4.74 Å². The quantitative estimate of drug-likeness (QED) is 0.739. The highest BCUT2D eigenvalue weighted by molar-refractivity contribution is 7.15. The van der Waals surface area contributed by atoms with Crippen molar-refractivity contribution in [2.75, 3.05) is 11.9 Å². The third-order valence-electron chi connectivity index (χ3n) is 4.25. The van der Waals surface area contributed by atoms with Crippen LogP contribution in [0.4, 0.5) is 5.13 Å². The number of nitrogens with one attached hydrogen (secondary N) is 1. The fourth-order valence-corrected chi connectivity index (χ4v) is 3.92. The Morgan fingerprint density at radius 3 is 2.92 bits per heavy atom. The summed E-state index contributed by atoms with van der Waals surface area (Å²) in [5, 5.41) is 14.6. The lowest BCUT2D eigenvalue weighted by Crippen LogP contribution is -2.25. The summed E-state index contributed by atoms with van der Waals surface area (Å²) in [6, 6.07) is 7.96. The molecule has 8 heteroatoms. The molecule has 0 spiro atoms. The molecular formula is C17H18ClN5OS. The molecule has 4 rings (SSSR count). The second-order valence-electron chi connectivity index (χ2n) is 6.03. The third-order valence-corrected chi connectivity index (χ3v) is 5.36. The Hall–Kier alpha value is -1.96. The lowest BCUT2D eigenvalue weighted by molar-refractivity contribution is 0.0983. The molecule has 0 aliphatic carbocycles. The minimum atomic E-state index is -0.0661. The Labute approximate surface area is 154 Å². The zero-order valence-electron chi connectivity index (χ0n) is 13.7. The van der Waals surface area contributed by atoms with Gasteiger partial charge in [0.2, 0.25) is 5.13 Å². The highest BCUT2D eigenvalue weighted by Gasteiger charge is 2.33. The van der Waals surface area contributed by atoms with Crippen molar-refractivity contribution in [2.24, 2.45) is 7.05 Å². The van der Waals surface area contributed by atoms with Gasteiger partial charge in [-0.15, -0.1) is 10.2 Å². The van der Waals surface area contributed by atoms with Crippen LogP contribution in [0.15, 0.2) is 36.7 Å². The smallest absolute Gasteiger partial charge is 0.206 e.